The Kier molecular flexibility index (Phi) is 9.97. The van der Waals surface area contributed by atoms with E-state index in [1.807, 2.05) is 13.0 Å². The van der Waals surface area contributed by atoms with E-state index in [-0.39, 0.29) is 4.90 Å². The minimum atomic E-state index is -3.69. The molecule has 1 saturated heterocycles. The first-order valence-electron chi connectivity index (χ1n) is 14.8. The highest BCUT2D eigenvalue weighted by molar-refractivity contribution is 7.99. The van der Waals surface area contributed by atoms with Gasteiger partial charge in [-0.05, 0) is 82.5 Å². The summed E-state index contributed by atoms with van der Waals surface area (Å²) in [5.41, 5.74) is 1.55. The van der Waals surface area contributed by atoms with E-state index in [0.717, 1.165) is 49.9 Å². The third kappa shape index (κ3) is 7.40. The van der Waals surface area contributed by atoms with Gasteiger partial charge < -0.3 is 19.9 Å². The molecule has 0 atom stereocenters. The Morgan fingerprint density at radius 3 is 2.42 bits per heavy atom. The molecule has 45 heavy (non-hydrogen) atoms. The molecule has 1 aromatic carbocycles. The number of ether oxygens (including phenoxy) is 1. The molecule has 0 aliphatic carbocycles. The minimum Gasteiger partial charge on any atom is -0.490 e. The van der Waals surface area contributed by atoms with E-state index in [0.29, 0.717) is 33.9 Å². The lowest BCUT2D eigenvalue weighted by molar-refractivity contribution is 0.228. The van der Waals surface area contributed by atoms with Crippen LogP contribution in [0.4, 0.5) is 17.5 Å². The second-order valence-corrected chi connectivity index (χ2v) is 15.3. The molecular formula is C31H41N9O3S2. The molecule has 0 amide bonds. The molecule has 12 nitrogen and oxygen atoms in total. The maximum atomic E-state index is 13.6. The van der Waals surface area contributed by atoms with Gasteiger partial charge in [-0.15, -0.1) is 0 Å². The summed E-state index contributed by atoms with van der Waals surface area (Å²) in [5, 5.41) is 11.1. The number of piperazine rings is 1. The smallest absolute Gasteiger partial charge is 0.204 e. The maximum absolute atomic E-state index is 13.6. The van der Waals surface area contributed by atoms with Gasteiger partial charge in [-0.2, -0.15) is 5.10 Å². The zero-order valence-electron chi connectivity index (χ0n) is 26.6. The average Bonchev–Trinajstić information content (AvgIpc) is 3.44. The SMILES string of the molecule is COc1c(Nc2cc(C)[nH]n2)nc(Sc2ccc(S(=O)(=O)C(C)(C)c3cccnc3)cc2)nc1N1CCN(CCN(C)C)CC1. The molecule has 4 heterocycles. The molecule has 2 N–H and O–H groups in total. The minimum absolute atomic E-state index is 0.237. The number of sulfone groups is 1. The molecule has 0 unspecified atom stereocenters. The van der Waals surface area contributed by atoms with Crippen LogP contribution in [0, 0.1) is 6.92 Å². The number of nitrogens with zero attached hydrogens (tertiary/aromatic N) is 7. The zero-order chi connectivity index (χ0) is 32.2. The number of methoxy groups -OCH3 is 1. The van der Waals surface area contributed by atoms with E-state index >= 15 is 0 Å². The molecule has 0 bridgehead atoms. The number of hydrogen-bond donors (Lipinski definition) is 2. The van der Waals surface area contributed by atoms with E-state index in [1.165, 1.54) is 11.8 Å². The molecule has 0 radical (unpaired) electrons. The second kappa shape index (κ2) is 13.7. The van der Waals surface area contributed by atoms with Crippen LogP contribution in [0.25, 0.3) is 0 Å². The fourth-order valence-electron chi connectivity index (χ4n) is 5.04. The van der Waals surface area contributed by atoms with Gasteiger partial charge in [0, 0.05) is 68.3 Å². The highest BCUT2D eigenvalue weighted by atomic mass is 32.2. The van der Waals surface area contributed by atoms with Gasteiger partial charge in [0.25, 0.3) is 0 Å². The first-order chi connectivity index (χ1) is 21.5. The molecular weight excluding hydrogens is 611 g/mol. The summed E-state index contributed by atoms with van der Waals surface area (Å²) in [7, 11) is 2.10. The van der Waals surface area contributed by atoms with Crippen LogP contribution in [0.5, 0.6) is 5.75 Å². The summed E-state index contributed by atoms with van der Waals surface area (Å²) in [6.45, 7) is 10.8. The lowest BCUT2D eigenvalue weighted by Crippen LogP contribution is -2.48. The van der Waals surface area contributed by atoms with Crippen molar-refractivity contribution in [3.63, 3.8) is 0 Å². The number of pyridine rings is 1. The number of hydrogen-bond acceptors (Lipinski definition) is 12. The average molecular weight is 652 g/mol. The van der Waals surface area contributed by atoms with Crippen molar-refractivity contribution < 1.29 is 13.2 Å². The first-order valence-corrected chi connectivity index (χ1v) is 17.1. The van der Waals surface area contributed by atoms with Crippen LogP contribution in [-0.2, 0) is 14.6 Å². The summed E-state index contributed by atoms with van der Waals surface area (Å²) in [6, 6.07) is 12.3. The molecule has 1 fully saturated rings. The molecule has 3 aromatic heterocycles. The normalized spacial score (nSPS) is 14.6. The van der Waals surface area contributed by atoms with Crippen molar-refractivity contribution in [1.29, 1.82) is 0 Å². The van der Waals surface area contributed by atoms with Crippen molar-refractivity contribution in [2.24, 2.45) is 0 Å². The topological polar surface area (TPSA) is 132 Å². The lowest BCUT2D eigenvalue weighted by atomic mass is 10.1. The fourth-order valence-corrected chi connectivity index (χ4v) is 7.31. The summed E-state index contributed by atoms with van der Waals surface area (Å²) in [6.07, 6.45) is 3.23. The third-order valence-electron chi connectivity index (χ3n) is 7.89. The van der Waals surface area contributed by atoms with Gasteiger partial charge >= 0.3 is 0 Å². The number of aromatic nitrogens is 5. The van der Waals surface area contributed by atoms with Crippen LogP contribution in [-0.4, -0.2) is 104 Å². The summed E-state index contributed by atoms with van der Waals surface area (Å²) in [5.74, 6) is 2.37. The molecule has 1 aliphatic heterocycles. The van der Waals surface area contributed by atoms with Crippen molar-refractivity contribution >= 4 is 39.1 Å². The van der Waals surface area contributed by atoms with Crippen molar-refractivity contribution in [2.75, 3.05) is 70.7 Å². The van der Waals surface area contributed by atoms with Crippen molar-refractivity contribution in [3.8, 4) is 5.75 Å². The fraction of sp³-hybridized carbons (Fsp3) is 0.419. The highest BCUT2D eigenvalue weighted by Gasteiger charge is 2.37. The Labute approximate surface area is 269 Å². The molecule has 4 aromatic rings. The summed E-state index contributed by atoms with van der Waals surface area (Å²) in [4.78, 5) is 21.8. The van der Waals surface area contributed by atoms with Crippen molar-refractivity contribution in [2.45, 2.75) is 40.5 Å². The second-order valence-electron chi connectivity index (χ2n) is 11.7. The Hall–Kier alpha value is -3.72. The number of nitrogens with one attached hydrogen (secondary N) is 2. The molecule has 5 rings (SSSR count). The Bertz CT molecular complexity index is 1690. The van der Waals surface area contributed by atoms with Gasteiger partial charge in [0.1, 0.15) is 0 Å². The van der Waals surface area contributed by atoms with E-state index in [1.54, 1.807) is 69.7 Å². The summed E-state index contributed by atoms with van der Waals surface area (Å²) < 4.78 is 32.0. The van der Waals surface area contributed by atoms with E-state index in [4.69, 9.17) is 14.7 Å². The number of benzene rings is 1. The maximum Gasteiger partial charge on any atom is 0.204 e. The Morgan fingerprint density at radius 1 is 1.09 bits per heavy atom. The van der Waals surface area contributed by atoms with Crippen LogP contribution in [0.1, 0.15) is 25.1 Å². The zero-order valence-corrected chi connectivity index (χ0v) is 28.2. The molecule has 0 spiro atoms. The van der Waals surface area contributed by atoms with E-state index in [9.17, 15) is 8.42 Å². The number of rotatable bonds is 12. The van der Waals surface area contributed by atoms with Crippen LogP contribution in [0.15, 0.2) is 69.8 Å². The lowest BCUT2D eigenvalue weighted by Gasteiger charge is -2.36. The van der Waals surface area contributed by atoms with Gasteiger partial charge in [0.15, 0.2) is 32.4 Å². The Balaban J connectivity index is 1.42. The first kappa shape index (κ1) is 32.7. The molecule has 1 aliphatic rings. The quantitative estimate of drug-likeness (QED) is 0.213. The molecule has 14 heteroatoms. The monoisotopic (exact) mass is 651 g/mol. The van der Waals surface area contributed by atoms with E-state index < -0.39 is 14.6 Å². The predicted molar refractivity (Wildman–Crippen MR) is 177 cm³/mol. The van der Waals surface area contributed by atoms with Crippen LogP contribution in [0.3, 0.4) is 0 Å². The van der Waals surface area contributed by atoms with Crippen LogP contribution >= 0.6 is 11.8 Å². The summed E-state index contributed by atoms with van der Waals surface area (Å²) >= 11 is 1.36. The number of anilines is 3. The predicted octanol–water partition coefficient (Wildman–Crippen LogP) is 4.20. The van der Waals surface area contributed by atoms with Crippen molar-refractivity contribution in [3.05, 3.63) is 66.1 Å². The number of likely N-dealkylation sites (N-methyl/N-ethyl adjacent to an activating group) is 1. The van der Waals surface area contributed by atoms with Crippen molar-refractivity contribution in [1.82, 2.24) is 34.9 Å². The van der Waals surface area contributed by atoms with Crippen LogP contribution < -0.4 is 15.0 Å². The third-order valence-corrected chi connectivity index (χ3v) is 11.2. The van der Waals surface area contributed by atoms with Crippen LogP contribution in [0.2, 0.25) is 0 Å². The van der Waals surface area contributed by atoms with Gasteiger partial charge in [-0.25, -0.2) is 18.4 Å². The Morgan fingerprint density at radius 2 is 1.82 bits per heavy atom. The number of aromatic amines is 1. The molecule has 240 valence electrons. The van der Waals surface area contributed by atoms with Gasteiger partial charge in [0.05, 0.1) is 16.8 Å². The van der Waals surface area contributed by atoms with Gasteiger partial charge in [-0.3, -0.25) is 15.0 Å². The standard InChI is InChI=1S/C31H41N9O3S2/c1-22-20-26(37-36-22)33-28-27(43-6)29(40-18-16-39(17-19-40)15-14-38(4)5)35-30(34-28)44-24-9-11-25(12-10-24)45(41,42)31(2,3)23-8-7-13-32-21-23/h7-13,20-21H,14-19H2,1-6H3,(H2,33,34,35,36,37). The number of aryl methyl sites for hydroxylation is 1. The molecule has 0 saturated carbocycles. The number of H-pyrrole nitrogens is 1. The highest BCUT2D eigenvalue weighted by Crippen LogP contribution is 2.39. The van der Waals surface area contributed by atoms with Gasteiger partial charge in [0.2, 0.25) is 5.75 Å². The largest absolute Gasteiger partial charge is 0.490 e. The van der Waals surface area contributed by atoms with Gasteiger partial charge in [-0.1, -0.05) is 6.07 Å². The van der Waals surface area contributed by atoms with E-state index in [2.05, 4.69) is 49.3 Å².